The number of amides is 3. The van der Waals surface area contributed by atoms with Crippen LogP contribution in [0.25, 0.3) is 0 Å². The number of rotatable bonds is 4. The van der Waals surface area contributed by atoms with Gasteiger partial charge < -0.3 is 24.3 Å². The molecule has 0 radical (unpaired) electrons. The van der Waals surface area contributed by atoms with E-state index in [0.29, 0.717) is 31.9 Å². The smallest absolute Gasteiger partial charge is 0.407 e. The summed E-state index contributed by atoms with van der Waals surface area (Å²) in [7, 11) is 0. The Hall–Kier alpha value is -2.51. The number of carbonyl (C=O) groups is 3. The molecule has 0 aliphatic carbocycles. The summed E-state index contributed by atoms with van der Waals surface area (Å²) < 4.78 is 10.2. The molecule has 138 valence electrons. The van der Waals surface area contributed by atoms with Crippen LogP contribution in [0.3, 0.4) is 0 Å². The van der Waals surface area contributed by atoms with Crippen molar-refractivity contribution in [1.82, 2.24) is 15.1 Å². The molecule has 0 bridgehead atoms. The van der Waals surface area contributed by atoms with Gasteiger partial charge in [0.15, 0.2) is 5.76 Å². The van der Waals surface area contributed by atoms with Gasteiger partial charge in [0.1, 0.15) is 5.60 Å². The molecule has 0 atom stereocenters. The average Bonchev–Trinajstić information content (AvgIpc) is 3.07. The Morgan fingerprint density at radius 2 is 1.80 bits per heavy atom. The number of nitrogens with zero attached hydrogens (tertiary/aromatic N) is 2. The predicted octanol–water partition coefficient (Wildman–Crippen LogP) is 1.48. The van der Waals surface area contributed by atoms with E-state index >= 15 is 0 Å². The molecule has 1 fully saturated rings. The van der Waals surface area contributed by atoms with E-state index in [4.69, 9.17) is 9.15 Å². The molecular formula is C17H25N3O5. The Morgan fingerprint density at radius 3 is 2.36 bits per heavy atom. The minimum atomic E-state index is -0.565. The van der Waals surface area contributed by atoms with Crippen molar-refractivity contribution >= 4 is 17.9 Å². The van der Waals surface area contributed by atoms with Gasteiger partial charge in [0.2, 0.25) is 5.91 Å². The second-order valence-corrected chi connectivity index (χ2v) is 6.83. The van der Waals surface area contributed by atoms with E-state index in [1.165, 1.54) is 6.26 Å². The van der Waals surface area contributed by atoms with Gasteiger partial charge in [0.25, 0.3) is 5.91 Å². The summed E-state index contributed by atoms with van der Waals surface area (Å²) >= 11 is 0. The second-order valence-electron chi connectivity index (χ2n) is 6.83. The highest BCUT2D eigenvalue weighted by molar-refractivity contribution is 5.91. The van der Waals surface area contributed by atoms with Crippen LogP contribution in [-0.2, 0) is 9.53 Å². The Kier molecular flexibility index (Phi) is 6.06. The summed E-state index contributed by atoms with van der Waals surface area (Å²) in [6.45, 7) is 7.42. The van der Waals surface area contributed by atoms with Crippen molar-refractivity contribution in [2.75, 3.05) is 32.7 Å². The molecule has 2 rings (SSSR count). The molecule has 0 aromatic carbocycles. The molecule has 1 aliphatic rings. The van der Waals surface area contributed by atoms with Gasteiger partial charge >= 0.3 is 6.09 Å². The molecule has 1 N–H and O–H groups in total. The first-order valence-corrected chi connectivity index (χ1v) is 8.34. The highest BCUT2D eigenvalue weighted by Gasteiger charge is 2.26. The minimum absolute atomic E-state index is 0.0545. The topological polar surface area (TPSA) is 92.1 Å². The number of hydrogen-bond donors (Lipinski definition) is 1. The van der Waals surface area contributed by atoms with Crippen molar-refractivity contribution in [2.45, 2.75) is 32.8 Å². The van der Waals surface area contributed by atoms with E-state index in [2.05, 4.69) is 5.32 Å². The predicted molar refractivity (Wildman–Crippen MR) is 90.0 cm³/mol. The maximum atomic E-state index is 12.2. The molecule has 0 saturated carbocycles. The Labute approximate surface area is 147 Å². The van der Waals surface area contributed by atoms with Gasteiger partial charge in [0, 0.05) is 39.1 Å². The fourth-order valence-corrected chi connectivity index (χ4v) is 2.46. The van der Waals surface area contributed by atoms with E-state index in [1.54, 1.807) is 42.7 Å². The maximum Gasteiger partial charge on any atom is 0.407 e. The fourth-order valence-electron chi connectivity index (χ4n) is 2.46. The number of ether oxygens (including phenoxy) is 1. The van der Waals surface area contributed by atoms with Crippen LogP contribution in [0, 0.1) is 0 Å². The third kappa shape index (κ3) is 5.81. The van der Waals surface area contributed by atoms with Crippen molar-refractivity contribution < 1.29 is 23.5 Å². The zero-order valence-corrected chi connectivity index (χ0v) is 14.9. The fraction of sp³-hybridized carbons (Fsp3) is 0.588. The van der Waals surface area contributed by atoms with Gasteiger partial charge in [-0.3, -0.25) is 9.59 Å². The Morgan fingerprint density at radius 1 is 1.16 bits per heavy atom. The molecule has 3 amide bonds. The third-order valence-corrected chi connectivity index (χ3v) is 3.66. The second kappa shape index (κ2) is 8.04. The first-order chi connectivity index (χ1) is 11.8. The van der Waals surface area contributed by atoms with Crippen molar-refractivity contribution in [1.29, 1.82) is 0 Å². The standard InChI is InChI=1S/C17H25N3O5/c1-17(2,3)25-16(23)18-7-6-14(21)19-8-10-20(11-9-19)15(22)13-5-4-12-24-13/h4-5,12H,6-11H2,1-3H3,(H,18,23). The lowest BCUT2D eigenvalue weighted by molar-refractivity contribution is -0.132. The van der Waals surface area contributed by atoms with Gasteiger partial charge in [-0.2, -0.15) is 0 Å². The van der Waals surface area contributed by atoms with Crippen LogP contribution in [0.1, 0.15) is 37.7 Å². The highest BCUT2D eigenvalue weighted by Crippen LogP contribution is 2.10. The van der Waals surface area contributed by atoms with Crippen LogP contribution in [0.4, 0.5) is 4.79 Å². The van der Waals surface area contributed by atoms with Crippen LogP contribution in [0.2, 0.25) is 0 Å². The van der Waals surface area contributed by atoms with Crippen LogP contribution in [0.5, 0.6) is 0 Å². The quantitative estimate of drug-likeness (QED) is 0.887. The van der Waals surface area contributed by atoms with Crippen molar-refractivity contribution in [3.8, 4) is 0 Å². The number of piperazine rings is 1. The number of hydrogen-bond acceptors (Lipinski definition) is 5. The van der Waals surface area contributed by atoms with E-state index in [1.807, 2.05) is 0 Å². The van der Waals surface area contributed by atoms with Gasteiger partial charge in [-0.15, -0.1) is 0 Å². The molecule has 2 heterocycles. The molecule has 1 saturated heterocycles. The summed E-state index contributed by atoms with van der Waals surface area (Å²) in [4.78, 5) is 39.2. The van der Waals surface area contributed by atoms with Crippen LogP contribution < -0.4 is 5.32 Å². The summed E-state index contributed by atoms with van der Waals surface area (Å²) in [6, 6.07) is 3.30. The molecule has 1 aliphatic heterocycles. The summed E-state index contributed by atoms with van der Waals surface area (Å²) in [5, 5.41) is 2.57. The zero-order chi connectivity index (χ0) is 18.4. The van der Waals surface area contributed by atoms with E-state index < -0.39 is 11.7 Å². The van der Waals surface area contributed by atoms with E-state index in [9.17, 15) is 14.4 Å². The van der Waals surface area contributed by atoms with E-state index in [0.717, 1.165) is 0 Å². The summed E-state index contributed by atoms with van der Waals surface area (Å²) in [5.41, 5.74) is -0.565. The van der Waals surface area contributed by atoms with Gasteiger partial charge in [-0.1, -0.05) is 0 Å². The van der Waals surface area contributed by atoms with Crippen LogP contribution >= 0.6 is 0 Å². The lowest BCUT2D eigenvalue weighted by Crippen LogP contribution is -2.51. The molecule has 25 heavy (non-hydrogen) atoms. The molecule has 1 aromatic heterocycles. The minimum Gasteiger partial charge on any atom is -0.459 e. The van der Waals surface area contributed by atoms with Gasteiger partial charge in [-0.05, 0) is 32.9 Å². The molecular weight excluding hydrogens is 326 g/mol. The summed E-state index contributed by atoms with van der Waals surface area (Å²) in [5.74, 6) is 0.0891. The summed E-state index contributed by atoms with van der Waals surface area (Å²) in [6.07, 6.45) is 1.13. The van der Waals surface area contributed by atoms with Gasteiger partial charge in [-0.25, -0.2) is 4.79 Å². The SMILES string of the molecule is CC(C)(C)OC(=O)NCCC(=O)N1CCN(C(=O)c2ccco2)CC1. The maximum absolute atomic E-state index is 12.2. The van der Waals surface area contributed by atoms with Crippen molar-refractivity contribution in [3.63, 3.8) is 0 Å². The lowest BCUT2D eigenvalue weighted by atomic mass is 10.2. The normalized spacial score (nSPS) is 15.0. The van der Waals surface area contributed by atoms with E-state index in [-0.39, 0.29) is 24.8 Å². The molecule has 0 spiro atoms. The highest BCUT2D eigenvalue weighted by atomic mass is 16.6. The Balaban J connectivity index is 1.69. The monoisotopic (exact) mass is 351 g/mol. The third-order valence-electron chi connectivity index (χ3n) is 3.66. The number of alkyl carbamates (subject to hydrolysis) is 1. The van der Waals surface area contributed by atoms with Crippen molar-refractivity contribution in [3.05, 3.63) is 24.2 Å². The lowest BCUT2D eigenvalue weighted by Gasteiger charge is -2.34. The van der Waals surface area contributed by atoms with Gasteiger partial charge in [0.05, 0.1) is 6.26 Å². The van der Waals surface area contributed by atoms with Crippen LogP contribution in [0.15, 0.2) is 22.8 Å². The van der Waals surface area contributed by atoms with Crippen molar-refractivity contribution in [2.24, 2.45) is 0 Å². The number of furan rings is 1. The largest absolute Gasteiger partial charge is 0.459 e. The number of carbonyl (C=O) groups excluding carboxylic acids is 3. The zero-order valence-electron chi connectivity index (χ0n) is 14.9. The molecule has 8 heteroatoms. The molecule has 0 unspecified atom stereocenters. The first-order valence-electron chi connectivity index (χ1n) is 8.34. The Bertz CT molecular complexity index is 598. The van der Waals surface area contributed by atoms with Crippen LogP contribution in [-0.4, -0.2) is 66.0 Å². The number of nitrogens with one attached hydrogen (secondary N) is 1. The average molecular weight is 351 g/mol. The first kappa shape index (κ1) is 18.8. The molecule has 8 nitrogen and oxygen atoms in total. The molecule has 1 aromatic rings.